The molecule has 1 saturated carbocycles. The summed E-state index contributed by atoms with van der Waals surface area (Å²) in [5, 5.41) is 0. The quantitative estimate of drug-likeness (QED) is 0.373. The normalized spacial score (nSPS) is 17.3. The van der Waals surface area contributed by atoms with Crippen LogP contribution < -0.4 is 16.2 Å². The summed E-state index contributed by atoms with van der Waals surface area (Å²) in [4.78, 5) is 6.27. The molecule has 1 aliphatic rings. The number of para-hydroxylation sites is 1. The van der Waals surface area contributed by atoms with Gasteiger partial charge in [0.1, 0.15) is 5.82 Å². The Kier molecular flexibility index (Phi) is 4.74. The van der Waals surface area contributed by atoms with E-state index in [0.717, 1.165) is 12.8 Å². The molecule has 0 aliphatic heterocycles. The number of aliphatic imine (C=N–C) groups is 1. The average molecular weight is 264 g/mol. The maximum atomic E-state index is 13.8. The molecule has 1 fully saturated rings. The number of guanidine groups is 1. The highest BCUT2D eigenvalue weighted by Gasteiger charge is 2.16. The number of rotatable bonds is 2. The number of nitrogens with one attached hydrogen (secondary N) is 1. The van der Waals surface area contributed by atoms with Crippen molar-refractivity contribution in [3.63, 3.8) is 0 Å². The SMILES string of the molecule is CN(C(=NC1CCCCC1)NN)c1ccccc1F. The lowest BCUT2D eigenvalue weighted by atomic mass is 9.96. The first-order chi connectivity index (χ1) is 9.22. The van der Waals surface area contributed by atoms with Crippen LogP contribution in [0.25, 0.3) is 0 Å². The molecule has 2 rings (SSSR count). The zero-order chi connectivity index (χ0) is 13.7. The molecule has 0 atom stereocenters. The molecule has 104 valence electrons. The van der Waals surface area contributed by atoms with Gasteiger partial charge in [0.15, 0.2) is 0 Å². The second-order valence-electron chi connectivity index (χ2n) is 4.90. The van der Waals surface area contributed by atoms with Crippen LogP contribution in [0.1, 0.15) is 32.1 Å². The van der Waals surface area contributed by atoms with Gasteiger partial charge in [-0.15, -0.1) is 0 Å². The van der Waals surface area contributed by atoms with Gasteiger partial charge in [-0.1, -0.05) is 31.4 Å². The van der Waals surface area contributed by atoms with Gasteiger partial charge < -0.3 is 4.90 Å². The zero-order valence-electron chi connectivity index (χ0n) is 11.3. The van der Waals surface area contributed by atoms with Gasteiger partial charge in [-0.3, -0.25) is 5.43 Å². The summed E-state index contributed by atoms with van der Waals surface area (Å²) < 4.78 is 13.8. The number of halogens is 1. The van der Waals surface area contributed by atoms with E-state index in [1.807, 2.05) is 0 Å². The Morgan fingerprint density at radius 1 is 1.32 bits per heavy atom. The van der Waals surface area contributed by atoms with E-state index in [9.17, 15) is 4.39 Å². The van der Waals surface area contributed by atoms with Crippen LogP contribution in [0.4, 0.5) is 10.1 Å². The van der Waals surface area contributed by atoms with Crippen molar-refractivity contribution < 1.29 is 4.39 Å². The summed E-state index contributed by atoms with van der Waals surface area (Å²) in [6, 6.07) is 6.89. The summed E-state index contributed by atoms with van der Waals surface area (Å²) in [5.74, 6) is 5.76. The van der Waals surface area contributed by atoms with E-state index < -0.39 is 0 Å². The van der Waals surface area contributed by atoms with Crippen LogP contribution in [0.3, 0.4) is 0 Å². The minimum Gasteiger partial charge on any atom is -0.312 e. The number of hydrogen-bond donors (Lipinski definition) is 2. The number of hydrazine groups is 1. The number of anilines is 1. The number of hydrogen-bond acceptors (Lipinski definition) is 2. The summed E-state index contributed by atoms with van der Waals surface area (Å²) in [5.41, 5.74) is 3.05. The minimum atomic E-state index is -0.281. The first kappa shape index (κ1) is 13.8. The van der Waals surface area contributed by atoms with Gasteiger partial charge in [-0.05, 0) is 25.0 Å². The zero-order valence-corrected chi connectivity index (χ0v) is 11.3. The molecule has 0 radical (unpaired) electrons. The van der Waals surface area contributed by atoms with E-state index in [4.69, 9.17) is 5.84 Å². The Labute approximate surface area is 113 Å². The predicted octanol–water partition coefficient (Wildman–Crippen LogP) is 2.41. The van der Waals surface area contributed by atoms with Crippen molar-refractivity contribution in [2.75, 3.05) is 11.9 Å². The molecule has 0 spiro atoms. The molecule has 3 N–H and O–H groups in total. The van der Waals surface area contributed by atoms with E-state index in [0.29, 0.717) is 11.6 Å². The van der Waals surface area contributed by atoms with E-state index in [-0.39, 0.29) is 11.9 Å². The average Bonchev–Trinajstić information content (AvgIpc) is 2.46. The van der Waals surface area contributed by atoms with Crippen LogP contribution in [0.15, 0.2) is 29.3 Å². The Balaban J connectivity index is 2.16. The lowest BCUT2D eigenvalue weighted by Gasteiger charge is -2.24. The fourth-order valence-corrected chi connectivity index (χ4v) is 2.44. The third-order valence-corrected chi connectivity index (χ3v) is 3.54. The second kappa shape index (κ2) is 6.52. The largest absolute Gasteiger partial charge is 0.312 e. The smallest absolute Gasteiger partial charge is 0.213 e. The number of benzene rings is 1. The van der Waals surface area contributed by atoms with Crippen molar-refractivity contribution in [2.45, 2.75) is 38.1 Å². The fourth-order valence-electron chi connectivity index (χ4n) is 2.44. The Hall–Kier alpha value is -1.62. The van der Waals surface area contributed by atoms with Crippen LogP contribution in [-0.2, 0) is 0 Å². The molecular weight excluding hydrogens is 243 g/mol. The highest BCUT2D eigenvalue weighted by atomic mass is 19.1. The van der Waals surface area contributed by atoms with Crippen molar-refractivity contribution in [1.29, 1.82) is 0 Å². The third kappa shape index (κ3) is 3.44. The number of nitrogens with two attached hydrogens (primary N) is 1. The molecule has 19 heavy (non-hydrogen) atoms. The first-order valence-corrected chi connectivity index (χ1v) is 6.75. The molecule has 0 heterocycles. The molecule has 5 heteroatoms. The Morgan fingerprint density at radius 2 is 2.00 bits per heavy atom. The topological polar surface area (TPSA) is 53.6 Å². The van der Waals surface area contributed by atoms with Gasteiger partial charge in [0.2, 0.25) is 5.96 Å². The van der Waals surface area contributed by atoms with Gasteiger partial charge in [-0.25, -0.2) is 15.2 Å². The molecule has 1 aliphatic carbocycles. The Morgan fingerprint density at radius 3 is 2.63 bits per heavy atom. The molecule has 0 saturated heterocycles. The monoisotopic (exact) mass is 264 g/mol. The van der Waals surface area contributed by atoms with Crippen molar-refractivity contribution in [2.24, 2.45) is 10.8 Å². The van der Waals surface area contributed by atoms with Gasteiger partial charge in [-0.2, -0.15) is 0 Å². The van der Waals surface area contributed by atoms with Gasteiger partial charge >= 0.3 is 0 Å². The predicted molar refractivity (Wildman–Crippen MR) is 76.4 cm³/mol. The van der Waals surface area contributed by atoms with Crippen LogP contribution in [-0.4, -0.2) is 19.0 Å². The molecule has 0 amide bonds. The van der Waals surface area contributed by atoms with E-state index in [2.05, 4.69) is 10.4 Å². The fraction of sp³-hybridized carbons (Fsp3) is 0.500. The first-order valence-electron chi connectivity index (χ1n) is 6.75. The van der Waals surface area contributed by atoms with Crippen LogP contribution in [0.5, 0.6) is 0 Å². The van der Waals surface area contributed by atoms with Crippen LogP contribution in [0.2, 0.25) is 0 Å². The van der Waals surface area contributed by atoms with Gasteiger partial charge in [0, 0.05) is 7.05 Å². The third-order valence-electron chi connectivity index (χ3n) is 3.54. The minimum absolute atomic E-state index is 0.281. The summed E-state index contributed by atoms with van der Waals surface area (Å²) in [6.45, 7) is 0. The summed E-state index contributed by atoms with van der Waals surface area (Å²) >= 11 is 0. The molecule has 0 unspecified atom stereocenters. The Bertz CT molecular complexity index is 441. The van der Waals surface area contributed by atoms with Crippen molar-refractivity contribution in [3.05, 3.63) is 30.1 Å². The van der Waals surface area contributed by atoms with E-state index in [1.165, 1.54) is 25.3 Å². The summed E-state index contributed by atoms with van der Waals surface area (Å²) in [7, 11) is 1.76. The molecule has 1 aromatic carbocycles. The number of nitrogens with zero attached hydrogens (tertiary/aromatic N) is 2. The maximum Gasteiger partial charge on any atom is 0.213 e. The molecule has 1 aromatic rings. The molecule has 4 nitrogen and oxygen atoms in total. The molecule has 0 bridgehead atoms. The van der Waals surface area contributed by atoms with Crippen molar-refractivity contribution in [1.82, 2.24) is 5.43 Å². The van der Waals surface area contributed by atoms with Gasteiger partial charge in [0.05, 0.1) is 11.7 Å². The molecular formula is C14H21FN4. The van der Waals surface area contributed by atoms with Crippen LogP contribution in [0, 0.1) is 5.82 Å². The van der Waals surface area contributed by atoms with Gasteiger partial charge in [0.25, 0.3) is 0 Å². The maximum absolute atomic E-state index is 13.8. The van der Waals surface area contributed by atoms with Crippen LogP contribution >= 0.6 is 0 Å². The summed E-state index contributed by atoms with van der Waals surface area (Å²) in [6.07, 6.45) is 5.85. The van der Waals surface area contributed by atoms with Crippen molar-refractivity contribution >= 4 is 11.6 Å². The van der Waals surface area contributed by atoms with E-state index in [1.54, 1.807) is 30.1 Å². The standard InChI is InChI=1S/C14H21FN4/c1-19(13-10-6-5-9-12(13)15)14(18-16)17-11-7-3-2-4-8-11/h5-6,9-11H,2-4,7-8,16H2,1H3,(H,17,18). The highest BCUT2D eigenvalue weighted by Crippen LogP contribution is 2.22. The van der Waals surface area contributed by atoms with E-state index >= 15 is 0 Å². The van der Waals surface area contributed by atoms with Crippen molar-refractivity contribution in [3.8, 4) is 0 Å². The highest BCUT2D eigenvalue weighted by molar-refractivity contribution is 5.95. The lowest BCUT2D eigenvalue weighted by Crippen LogP contribution is -2.44. The second-order valence-corrected chi connectivity index (χ2v) is 4.90. The molecule has 0 aromatic heterocycles. The lowest BCUT2D eigenvalue weighted by molar-refractivity contribution is 0.442.